The van der Waals surface area contributed by atoms with Gasteiger partial charge < -0.3 is 10.6 Å². The fourth-order valence-electron chi connectivity index (χ4n) is 1.37. The normalized spacial score (nSPS) is 11.1. The maximum atomic E-state index is 4.50. The lowest BCUT2D eigenvalue weighted by Gasteiger charge is -2.09. The largest absolute Gasteiger partial charge is 0.357 e. The van der Waals surface area contributed by atoms with Crippen LogP contribution in [0, 0.1) is 6.92 Å². The molecule has 92 valence electrons. The Kier molecular flexibility index (Phi) is 5.86. The number of hydrogen-bond donors (Lipinski definition) is 2. The molecule has 0 aliphatic carbocycles. The van der Waals surface area contributed by atoms with E-state index in [-0.39, 0.29) is 0 Å². The van der Waals surface area contributed by atoms with E-state index in [1.807, 2.05) is 6.08 Å². The van der Waals surface area contributed by atoms with Gasteiger partial charge in [0.15, 0.2) is 5.96 Å². The number of nitrogens with one attached hydrogen (secondary N) is 2. The van der Waals surface area contributed by atoms with Crippen LogP contribution in [0.25, 0.3) is 0 Å². The first-order valence-electron chi connectivity index (χ1n) is 5.95. The second-order valence-electron chi connectivity index (χ2n) is 3.85. The van der Waals surface area contributed by atoms with Crippen molar-refractivity contribution in [1.29, 1.82) is 0 Å². The zero-order chi connectivity index (χ0) is 12.5. The lowest BCUT2D eigenvalue weighted by molar-refractivity contribution is 0.860. The Morgan fingerprint density at radius 2 is 2.00 bits per heavy atom. The van der Waals surface area contributed by atoms with Crippen molar-refractivity contribution in [2.24, 2.45) is 4.99 Å². The second kappa shape index (κ2) is 7.49. The first-order chi connectivity index (χ1) is 8.26. The van der Waals surface area contributed by atoms with Gasteiger partial charge in [-0.1, -0.05) is 35.9 Å². The van der Waals surface area contributed by atoms with Gasteiger partial charge in [0.2, 0.25) is 0 Å². The molecule has 1 aromatic carbocycles. The molecule has 0 saturated carbocycles. The third kappa shape index (κ3) is 5.20. The molecule has 17 heavy (non-hydrogen) atoms. The average molecular weight is 231 g/mol. The Balaban J connectivity index is 2.57. The molecule has 0 bridgehead atoms. The highest BCUT2D eigenvalue weighted by Crippen LogP contribution is 2.04. The van der Waals surface area contributed by atoms with Crippen LogP contribution < -0.4 is 10.6 Å². The lowest BCUT2D eigenvalue weighted by atomic mass is 10.1. The number of hydrogen-bond acceptors (Lipinski definition) is 1. The number of guanidine groups is 1. The van der Waals surface area contributed by atoms with Crippen molar-refractivity contribution < 1.29 is 0 Å². The molecule has 2 N–H and O–H groups in total. The van der Waals surface area contributed by atoms with Crippen LogP contribution in [0.15, 0.2) is 41.9 Å². The maximum absolute atomic E-state index is 4.50. The van der Waals surface area contributed by atoms with E-state index < -0.39 is 0 Å². The highest BCUT2D eigenvalue weighted by molar-refractivity contribution is 5.79. The first kappa shape index (κ1) is 13.3. The Morgan fingerprint density at radius 3 is 2.59 bits per heavy atom. The molecular formula is C14H21N3. The molecule has 0 unspecified atom stereocenters. The number of aryl methyl sites for hydroxylation is 1. The molecule has 1 aromatic rings. The van der Waals surface area contributed by atoms with E-state index in [4.69, 9.17) is 0 Å². The molecule has 0 aliphatic heterocycles. The molecule has 1 rings (SSSR count). The Bertz CT molecular complexity index is 366. The van der Waals surface area contributed by atoms with Gasteiger partial charge in [0.1, 0.15) is 0 Å². The number of nitrogens with zero attached hydrogens (tertiary/aromatic N) is 1. The fourth-order valence-corrected chi connectivity index (χ4v) is 1.37. The molecule has 0 aliphatic rings. The minimum absolute atomic E-state index is 0.687. The Labute approximate surface area is 104 Å². The van der Waals surface area contributed by atoms with Crippen LogP contribution in [0.2, 0.25) is 0 Å². The highest BCUT2D eigenvalue weighted by Gasteiger charge is 1.95. The van der Waals surface area contributed by atoms with Crippen LogP contribution >= 0.6 is 0 Å². The summed E-state index contributed by atoms with van der Waals surface area (Å²) in [6, 6.07) is 8.43. The molecule has 0 amide bonds. The number of rotatable bonds is 5. The Hall–Kier alpha value is -1.77. The van der Waals surface area contributed by atoms with Crippen LogP contribution in [-0.2, 0) is 6.54 Å². The molecule has 3 nitrogen and oxygen atoms in total. The van der Waals surface area contributed by atoms with Crippen LogP contribution in [0.1, 0.15) is 18.1 Å². The van der Waals surface area contributed by atoms with Crippen molar-refractivity contribution in [2.45, 2.75) is 20.4 Å². The standard InChI is InChI=1S/C14H21N3/c1-4-10-16-14(15-5-2)17-11-13-8-6-12(3)7-9-13/h4,6-9H,1,5,10-11H2,2-3H3,(H2,15,16,17). The number of aliphatic imine (C=N–C) groups is 1. The summed E-state index contributed by atoms with van der Waals surface area (Å²) in [6.45, 7) is 10.1. The lowest BCUT2D eigenvalue weighted by Crippen LogP contribution is -2.37. The van der Waals surface area contributed by atoms with Gasteiger partial charge in [-0.15, -0.1) is 6.58 Å². The van der Waals surface area contributed by atoms with Crippen LogP contribution in [0.4, 0.5) is 0 Å². The second-order valence-corrected chi connectivity index (χ2v) is 3.85. The van der Waals surface area contributed by atoms with E-state index in [0.29, 0.717) is 6.54 Å². The van der Waals surface area contributed by atoms with Crippen molar-refractivity contribution in [3.8, 4) is 0 Å². The molecule has 0 spiro atoms. The molecule has 0 heterocycles. The van der Waals surface area contributed by atoms with Crippen molar-refractivity contribution in [3.63, 3.8) is 0 Å². The van der Waals surface area contributed by atoms with E-state index in [1.165, 1.54) is 11.1 Å². The predicted molar refractivity (Wildman–Crippen MR) is 74.2 cm³/mol. The summed E-state index contributed by atoms with van der Waals surface area (Å²) >= 11 is 0. The Morgan fingerprint density at radius 1 is 1.29 bits per heavy atom. The molecule has 0 aromatic heterocycles. The summed E-state index contributed by atoms with van der Waals surface area (Å²) in [4.78, 5) is 4.50. The van der Waals surface area contributed by atoms with E-state index >= 15 is 0 Å². The minimum Gasteiger partial charge on any atom is -0.357 e. The van der Waals surface area contributed by atoms with Gasteiger partial charge in [-0.3, -0.25) is 0 Å². The van der Waals surface area contributed by atoms with Gasteiger partial charge >= 0.3 is 0 Å². The summed E-state index contributed by atoms with van der Waals surface area (Å²) in [5.74, 6) is 0.827. The number of benzene rings is 1. The molecular weight excluding hydrogens is 210 g/mol. The van der Waals surface area contributed by atoms with Crippen LogP contribution in [-0.4, -0.2) is 19.0 Å². The fraction of sp³-hybridized carbons (Fsp3) is 0.357. The van der Waals surface area contributed by atoms with Gasteiger partial charge in [-0.05, 0) is 19.4 Å². The van der Waals surface area contributed by atoms with Gasteiger partial charge in [-0.25, -0.2) is 4.99 Å². The van der Waals surface area contributed by atoms with E-state index in [1.54, 1.807) is 0 Å². The smallest absolute Gasteiger partial charge is 0.191 e. The topological polar surface area (TPSA) is 36.4 Å². The average Bonchev–Trinajstić information content (AvgIpc) is 2.35. The van der Waals surface area contributed by atoms with Crippen molar-refractivity contribution in [2.75, 3.05) is 13.1 Å². The van der Waals surface area contributed by atoms with Crippen molar-refractivity contribution in [1.82, 2.24) is 10.6 Å². The predicted octanol–water partition coefficient (Wildman–Crippen LogP) is 2.24. The summed E-state index contributed by atoms with van der Waals surface area (Å²) in [5, 5.41) is 6.36. The maximum Gasteiger partial charge on any atom is 0.191 e. The summed E-state index contributed by atoms with van der Waals surface area (Å²) in [5.41, 5.74) is 2.49. The van der Waals surface area contributed by atoms with E-state index in [9.17, 15) is 0 Å². The molecule has 0 atom stereocenters. The third-order valence-corrected chi connectivity index (χ3v) is 2.30. The van der Waals surface area contributed by atoms with Gasteiger partial charge in [0.05, 0.1) is 6.54 Å². The minimum atomic E-state index is 0.687. The highest BCUT2D eigenvalue weighted by atomic mass is 15.2. The molecule has 0 radical (unpaired) electrons. The first-order valence-corrected chi connectivity index (χ1v) is 5.95. The third-order valence-electron chi connectivity index (χ3n) is 2.30. The zero-order valence-electron chi connectivity index (χ0n) is 10.7. The van der Waals surface area contributed by atoms with Gasteiger partial charge in [-0.2, -0.15) is 0 Å². The summed E-state index contributed by atoms with van der Waals surface area (Å²) in [6.07, 6.45) is 1.82. The summed E-state index contributed by atoms with van der Waals surface area (Å²) < 4.78 is 0. The zero-order valence-corrected chi connectivity index (χ0v) is 10.7. The molecule has 0 fully saturated rings. The van der Waals surface area contributed by atoms with E-state index in [0.717, 1.165) is 19.0 Å². The van der Waals surface area contributed by atoms with Crippen molar-refractivity contribution >= 4 is 5.96 Å². The van der Waals surface area contributed by atoms with Gasteiger partial charge in [0.25, 0.3) is 0 Å². The van der Waals surface area contributed by atoms with Crippen LogP contribution in [0.3, 0.4) is 0 Å². The van der Waals surface area contributed by atoms with Gasteiger partial charge in [0, 0.05) is 13.1 Å². The van der Waals surface area contributed by atoms with Crippen LogP contribution in [0.5, 0.6) is 0 Å². The quantitative estimate of drug-likeness (QED) is 0.463. The summed E-state index contributed by atoms with van der Waals surface area (Å²) in [7, 11) is 0. The van der Waals surface area contributed by atoms with Crippen molar-refractivity contribution in [3.05, 3.63) is 48.0 Å². The van der Waals surface area contributed by atoms with E-state index in [2.05, 4.69) is 60.3 Å². The monoisotopic (exact) mass is 231 g/mol. The molecule has 3 heteroatoms. The molecule has 0 saturated heterocycles. The SMILES string of the molecule is C=CCNC(=NCc1ccc(C)cc1)NCC.